The van der Waals surface area contributed by atoms with Gasteiger partial charge >= 0.3 is 5.97 Å². The summed E-state index contributed by atoms with van der Waals surface area (Å²) in [6.07, 6.45) is 0.989. The van der Waals surface area contributed by atoms with Crippen LogP contribution >= 0.6 is 11.6 Å². The lowest BCUT2D eigenvalue weighted by molar-refractivity contribution is -0.141. The molecule has 0 aromatic heterocycles. The van der Waals surface area contributed by atoms with Gasteiger partial charge in [0.1, 0.15) is 0 Å². The van der Waals surface area contributed by atoms with Gasteiger partial charge in [0.25, 0.3) is 0 Å². The number of halogens is 1. The standard InChI is InChI=1S/C19H25ClN2O4/c1-12(2)21-17(23)4-3-5-18(24)22-10-15(16(11-22)19(25)26)13-6-8-14(20)9-7-13/h6-9,12,15-16H,3-5,10-11H2,1-2H3,(H,21,23)(H,25,26)/t15-,16+/m0/s1. The van der Waals surface area contributed by atoms with E-state index in [1.54, 1.807) is 17.0 Å². The van der Waals surface area contributed by atoms with Crippen LogP contribution in [0, 0.1) is 5.92 Å². The summed E-state index contributed by atoms with van der Waals surface area (Å²) in [7, 11) is 0. The highest BCUT2D eigenvalue weighted by molar-refractivity contribution is 6.30. The van der Waals surface area contributed by atoms with Crippen LogP contribution in [0.4, 0.5) is 0 Å². The van der Waals surface area contributed by atoms with Crippen LogP contribution in [0.15, 0.2) is 24.3 Å². The molecule has 0 unspecified atom stereocenters. The van der Waals surface area contributed by atoms with Crippen molar-refractivity contribution in [2.45, 2.75) is 45.1 Å². The molecule has 0 spiro atoms. The maximum atomic E-state index is 12.4. The van der Waals surface area contributed by atoms with Crippen LogP contribution < -0.4 is 5.32 Å². The second-order valence-corrected chi connectivity index (χ2v) is 7.41. The first-order valence-electron chi connectivity index (χ1n) is 8.83. The highest BCUT2D eigenvalue weighted by Crippen LogP contribution is 2.34. The van der Waals surface area contributed by atoms with Crippen molar-refractivity contribution in [2.24, 2.45) is 5.92 Å². The van der Waals surface area contributed by atoms with Gasteiger partial charge in [-0.3, -0.25) is 14.4 Å². The number of carbonyl (C=O) groups is 3. The number of hydrogen-bond acceptors (Lipinski definition) is 3. The summed E-state index contributed by atoms with van der Waals surface area (Å²) in [5.74, 6) is -1.97. The predicted octanol–water partition coefficient (Wildman–Crippen LogP) is 2.66. The number of carboxylic acid groups (broad SMARTS) is 1. The SMILES string of the molecule is CC(C)NC(=O)CCCC(=O)N1C[C@@H](C(=O)O)[C@H](c2ccc(Cl)cc2)C1. The van der Waals surface area contributed by atoms with E-state index in [0.29, 0.717) is 24.4 Å². The van der Waals surface area contributed by atoms with Gasteiger partial charge in [0.05, 0.1) is 5.92 Å². The number of carbonyl (C=O) groups excluding carboxylic acids is 2. The summed E-state index contributed by atoms with van der Waals surface area (Å²) in [4.78, 5) is 37.3. The number of rotatable bonds is 7. The molecule has 1 fully saturated rings. The molecule has 0 radical (unpaired) electrons. The summed E-state index contributed by atoms with van der Waals surface area (Å²) in [6.45, 7) is 4.34. The van der Waals surface area contributed by atoms with Crippen LogP contribution in [0.5, 0.6) is 0 Å². The predicted molar refractivity (Wildman–Crippen MR) is 99.0 cm³/mol. The first-order valence-corrected chi connectivity index (χ1v) is 9.21. The van der Waals surface area contributed by atoms with Gasteiger partial charge in [0.2, 0.25) is 11.8 Å². The molecular weight excluding hydrogens is 356 g/mol. The Morgan fingerprint density at radius 2 is 1.85 bits per heavy atom. The molecule has 2 atom stereocenters. The average Bonchev–Trinajstić information content (AvgIpc) is 3.00. The van der Waals surface area contributed by atoms with E-state index in [4.69, 9.17) is 11.6 Å². The van der Waals surface area contributed by atoms with E-state index in [2.05, 4.69) is 5.32 Å². The molecule has 2 rings (SSSR count). The lowest BCUT2D eigenvalue weighted by atomic mass is 9.89. The molecule has 0 saturated carbocycles. The molecule has 2 amide bonds. The normalized spacial score (nSPS) is 19.6. The van der Waals surface area contributed by atoms with Gasteiger partial charge < -0.3 is 15.3 Å². The van der Waals surface area contributed by atoms with Crippen molar-refractivity contribution in [3.05, 3.63) is 34.9 Å². The third kappa shape index (κ3) is 5.46. The van der Waals surface area contributed by atoms with Crippen molar-refractivity contribution < 1.29 is 19.5 Å². The van der Waals surface area contributed by atoms with E-state index in [1.807, 2.05) is 26.0 Å². The van der Waals surface area contributed by atoms with Crippen LogP contribution in [-0.4, -0.2) is 46.9 Å². The van der Waals surface area contributed by atoms with Crippen molar-refractivity contribution in [2.75, 3.05) is 13.1 Å². The molecule has 1 aromatic carbocycles. The second kappa shape index (κ2) is 9.03. The molecule has 6 nitrogen and oxygen atoms in total. The molecule has 0 aliphatic carbocycles. The van der Waals surface area contributed by atoms with E-state index in [9.17, 15) is 19.5 Å². The van der Waals surface area contributed by atoms with E-state index >= 15 is 0 Å². The lowest BCUT2D eigenvalue weighted by Crippen LogP contribution is -2.31. The molecule has 7 heteroatoms. The Balaban J connectivity index is 1.94. The first kappa shape index (κ1) is 20.2. The second-order valence-electron chi connectivity index (χ2n) is 6.98. The van der Waals surface area contributed by atoms with Crippen LogP contribution in [0.3, 0.4) is 0 Å². The molecule has 1 heterocycles. The molecule has 1 aliphatic heterocycles. The fourth-order valence-corrected chi connectivity index (χ4v) is 3.38. The molecule has 1 saturated heterocycles. The molecular formula is C19H25ClN2O4. The summed E-state index contributed by atoms with van der Waals surface area (Å²) in [6, 6.07) is 7.16. The van der Waals surface area contributed by atoms with Crippen LogP contribution in [-0.2, 0) is 14.4 Å². The van der Waals surface area contributed by atoms with E-state index in [-0.39, 0.29) is 36.7 Å². The molecule has 0 bridgehead atoms. The van der Waals surface area contributed by atoms with Crippen LogP contribution in [0.25, 0.3) is 0 Å². The quantitative estimate of drug-likeness (QED) is 0.761. The van der Waals surface area contributed by atoms with Gasteiger partial charge in [-0.2, -0.15) is 0 Å². The largest absolute Gasteiger partial charge is 0.481 e. The number of benzene rings is 1. The summed E-state index contributed by atoms with van der Waals surface area (Å²) in [5, 5.41) is 12.9. The Morgan fingerprint density at radius 1 is 1.19 bits per heavy atom. The minimum absolute atomic E-state index is 0.0725. The van der Waals surface area contributed by atoms with Gasteiger partial charge in [-0.15, -0.1) is 0 Å². The monoisotopic (exact) mass is 380 g/mol. The van der Waals surface area contributed by atoms with Crippen molar-refractivity contribution in [3.8, 4) is 0 Å². The Bertz CT molecular complexity index is 660. The molecule has 1 aliphatic rings. The van der Waals surface area contributed by atoms with Gasteiger partial charge in [-0.25, -0.2) is 0 Å². The molecule has 142 valence electrons. The maximum absolute atomic E-state index is 12.4. The topological polar surface area (TPSA) is 86.7 Å². The zero-order valence-corrected chi connectivity index (χ0v) is 15.8. The van der Waals surface area contributed by atoms with Gasteiger partial charge in [0, 0.05) is 42.9 Å². The molecule has 26 heavy (non-hydrogen) atoms. The zero-order valence-electron chi connectivity index (χ0n) is 15.1. The fraction of sp³-hybridized carbons (Fsp3) is 0.526. The average molecular weight is 381 g/mol. The number of aliphatic carboxylic acids is 1. The Morgan fingerprint density at radius 3 is 2.42 bits per heavy atom. The maximum Gasteiger partial charge on any atom is 0.308 e. The van der Waals surface area contributed by atoms with E-state index in [0.717, 1.165) is 5.56 Å². The smallest absolute Gasteiger partial charge is 0.308 e. The number of carboxylic acids is 1. The highest BCUT2D eigenvalue weighted by Gasteiger charge is 2.40. The Hall–Kier alpha value is -2.08. The third-order valence-corrected chi connectivity index (χ3v) is 4.78. The van der Waals surface area contributed by atoms with Gasteiger partial charge in [0.15, 0.2) is 0 Å². The van der Waals surface area contributed by atoms with Crippen molar-refractivity contribution >= 4 is 29.4 Å². The van der Waals surface area contributed by atoms with Crippen molar-refractivity contribution in [3.63, 3.8) is 0 Å². The Labute approximate surface area is 158 Å². The van der Waals surface area contributed by atoms with Crippen LogP contribution in [0.1, 0.15) is 44.6 Å². The Kier molecular flexibility index (Phi) is 7.03. The first-order chi connectivity index (χ1) is 12.3. The minimum atomic E-state index is -0.906. The summed E-state index contributed by atoms with van der Waals surface area (Å²) < 4.78 is 0. The van der Waals surface area contributed by atoms with E-state index < -0.39 is 11.9 Å². The third-order valence-electron chi connectivity index (χ3n) is 4.53. The highest BCUT2D eigenvalue weighted by atomic mass is 35.5. The number of nitrogens with zero attached hydrogens (tertiary/aromatic N) is 1. The number of nitrogens with one attached hydrogen (secondary N) is 1. The fourth-order valence-electron chi connectivity index (χ4n) is 3.26. The number of hydrogen-bond donors (Lipinski definition) is 2. The number of likely N-dealkylation sites (tertiary alicyclic amines) is 1. The molecule has 1 aromatic rings. The van der Waals surface area contributed by atoms with E-state index in [1.165, 1.54) is 0 Å². The number of amides is 2. The van der Waals surface area contributed by atoms with Crippen molar-refractivity contribution in [1.82, 2.24) is 10.2 Å². The van der Waals surface area contributed by atoms with Crippen molar-refractivity contribution in [1.29, 1.82) is 0 Å². The van der Waals surface area contributed by atoms with Crippen LogP contribution in [0.2, 0.25) is 5.02 Å². The summed E-state index contributed by atoms with van der Waals surface area (Å²) in [5.41, 5.74) is 0.869. The lowest BCUT2D eigenvalue weighted by Gasteiger charge is -2.17. The van der Waals surface area contributed by atoms with Gasteiger partial charge in [-0.1, -0.05) is 23.7 Å². The molecule has 2 N–H and O–H groups in total. The zero-order chi connectivity index (χ0) is 19.3. The minimum Gasteiger partial charge on any atom is -0.481 e. The summed E-state index contributed by atoms with van der Waals surface area (Å²) >= 11 is 5.90. The van der Waals surface area contributed by atoms with Gasteiger partial charge in [-0.05, 0) is 38.0 Å².